The van der Waals surface area contributed by atoms with Gasteiger partial charge in [-0.15, -0.1) is 0 Å². The van der Waals surface area contributed by atoms with Crippen molar-refractivity contribution in [2.24, 2.45) is 0 Å². The summed E-state index contributed by atoms with van der Waals surface area (Å²) in [7, 11) is 0. The molecular weight excluding hydrogens is 254 g/mol. The first kappa shape index (κ1) is 11.4. The van der Waals surface area contributed by atoms with Crippen LogP contribution in [0.4, 0.5) is 5.82 Å². The van der Waals surface area contributed by atoms with E-state index in [1.807, 2.05) is 6.92 Å². The van der Waals surface area contributed by atoms with Gasteiger partial charge in [0.2, 0.25) is 6.39 Å². The predicted octanol–water partition coefficient (Wildman–Crippen LogP) is 2.31. The van der Waals surface area contributed by atoms with E-state index in [1.165, 1.54) is 6.39 Å². The molecule has 1 saturated carbocycles. The van der Waals surface area contributed by atoms with Crippen LogP contribution < -0.4 is 5.32 Å². The largest absolute Gasteiger partial charge is 0.362 e. The van der Waals surface area contributed by atoms with E-state index in [0.717, 1.165) is 30.0 Å². The fourth-order valence-corrected chi connectivity index (χ4v) is 1.81. The Balaban J connectivity index is 1.81. The Morgan fingerprint density at radius 3 is 2.94 bits per heavy atom. The van der Waals surface area contributed by atoms with Gasteiger partial charge >= 0.3 is 0 Å². The molecule has 7 heteroatoms. The Morgan fingerprint density at radius 1 is 1.44 bits per heavy atom. The number of hydrogen-bond donors (Lipinski definition) is 1. The third-order valence-corrected chi connectivity index (χ3v) is 3.24. The Bertz CT molecular complexity index is 553. The first-order valence-corrected chi connectivity index (χ1v) is 6.15. The Hall–Kier alpha value is -1.69. The molecule has 2 aromatic rings. The molecule has 0 bridgehead atoms. The molecule has 2 aromatic heterocycles. The van der Waals surface area contributed by atoms with Crippen molar-refractivity contribution in [2.75, 3.05) is 5.32 Å². The van der Waals surface area contributed by atoms with Crippen LogP contribution in [-0.2, 0) is 6.54 Å². The molecule has 0 saturated heterocycles. The lowest BCUT2D eigenvalue weighted by Gasteiger charge is -2.09. The number of hydrogen-bond acceptors (Lipinski definition) is 6. The first-order chi connectivity index (χ1) is 8.74. The van der Waals surface area contributed by atoms with Crippen LogP contribution in [0.2, 0.25) is 5.15 Å². The number of nitrogens with zero attached hydrogens (tertiary/aromatic N) is 4. The SMILES string of the molecule is Cc1c(Cl)nc(C2CC2)nc1NCc1ncon1. The van der Waals surface area contributed by atoms with Crippen molar-refractivity contribution in [2.45, 2.75) is 32.2 Å². The molecule has 0 spiro atoms. The van der Waals surface area contributed by atoms with Crippen molar-refractivity contribution in [3.8, 4) is 0 Å². The van der Waals surface area contributed by atoms with Crippen LogP contribution in [0, 0.1) is 6.92 Å². The maximum atomic E-state index is 6.11. The van der Waals surface area contributed by atoms with Gasteiger partial charge in [-0.3, -0.25) is 0 Å². The predicted molar refractivity (Wildman–Crippen MR) is 65.4 cm³/mol. The monoisotopic (exact) mass is 265 g/mol. The zero-order chi connectivity index (χ0) is 12.5. The molecule has 94 valence electrons. The van der Waals surface area contributed by atoms with E-state index in [1.54, 1.807) is 0 Å². The second kappa shape index (κ2) is 4.53. The molecule has 3 rings (SSSR count). The molecule has 2 heterocycles. The van der Waals surface area contributed by atoms with Crippen LogP contribution in [0.3, 0.4) is 0 Å². The normalized spacial score (nSPS) is 14.8. The standard InChI is InChI=1S/C11H12ClN5O/c1-6-9(12)15-11(7-2-3-7)16-10(6)13-4-8-14-5-18-17-8/h5,7H,2-4H2,1H3,(H,13,15,16). The van der Waals surface area contributed by atoms with Gasteiger partial charge in [0.1, 0.15) is 16.8 Å². The number of nitrogens with one attached hydrogen (secondary N) is 1. The lowest BCUT2D eigenvalue weighted by atomic mass is 10.3. The quantitative estimate of drug-likeness (QED) is 0.855. The average Bonchev–Trinajstić information content (AvgIpc) is 3.08. The number of halogens is 1. The highest BCUT2D eigenvalue weighted by Gasteiger charge is 2.28. The van der Waals surface area contributed by atoms with Gasteiger partial charge in [-0.05, 0) is 19.8 Å². The van der Waals surface area contributed by atoms with Crippen LogP contribution in [-0.4, -0.2) is 20.1 Å². The van der Waals surface area contributed by atoms with Crippen molar-refractivity contribution >= 4 is 17.4 Å². The van der Waals surface area contributed by atoms with Crippen molar-refractivity contribution in [3.63, 3.8) is 0 Å². The van der Waals surface area contributed by atoms with Gasteiger partial charge in [0.15, 0.2) is 5.82 Å². The smallest absolute Gasteiger partial charge is 0.213 e. The fourth-order valence-electron chi connectivity index (χ4n) is 1.63. The summed E-state index contributed by atoms with van der Waals surface area (Å²) in [6.45, 7) is 2.34. The van der Waals surface area contributed by atoms with Crippen molar-refractivity contribution in [3.05, 3.63) is 28.8 Å². The zero-order valence-electron chi connectivity index (χ0n) is 9.85. The van der Waals surface area contributed by atoms with E-state index in [4.69, 9.17) is 11.6 Å². The van der Waals surface area contributed by atoms with Crippen molar-refractivity contribution in [1.82, 2.24) is 20.1 Å². The molecule has 0 aliphatic heterocycles. The molecule has 0 radical (unpaired) electrons. The van der Waals surface area contributed by atoms with Crippen LogP contribution >= 0.6 is 11.6 Å². The molecular formula is C11H12ClN5O. The molecule has 0 atom stereocenters. The molecule has 0 unspecified atom stereocenters. The van der Waals surface area contributed by atoms with Gasteiger partial charge in [-0.2, -0.15) is 4.98 Å². The van der Waals surface area contributed by atoms with Gasteiger partial charge in [0.05, 0.1) is 6.54 Å². The van der Waals surface area contributed by atoms with E-state index in [-0.39, 0.29) is 0 Å². The maximum absolute atomic E-state index is 6.11. The van der Waals surface area contributed by atoms with E-state index in [2.05, 4.69) is 29.9 Å². The minimum absolute atomic E-state index is 0.453. The molecule has 6 nitrogen and oxygen atoms in total. The molecule has 1 aliphatic rings. The highest BCUT2D eigenvalue weighted by molar-refractivity contribution is 6.30. The number of aromatic nitrogens is 4. The van der Waals surface area contributed by atoms with E-state index in [0.29, 0.717) is 23.4 Å². The van der Waals surface area contributed by atoms with Crippen LogP contribution in [0.1, 0.15) is 36.0 Å². The first-order valence-electron chi connectivity index (χ1n) is 5.77. The topological polar surface area (TPSA) is 76.7 Å². The molecule has 1 N–H and O–H groups in total. The van der Waals surface area contributed by atoms with Crippen LogP contribution in [0.15, 0.2) is 10.9 Å². The van der Waals surface area contributed by atoms with Gasteiger partial charge < -0.3 is 9.84 Å². The summed E-state index contributed by atoms with van der Waals surface area (Å²) in [5, 5.41) is 7.39. The average molecular weight is 266 g/mol. The molecule has 1 aliphatic carbocycles. The highest BCUT2D eigenvalue weighted by Crippen LogP contribution is 2.39. The highest BCUT2D eigenvalue weighted by atomic mass is 35.5. The second-order valence-electron chi connectivity index (χ2n) is 4.32. The number of anilines is 1. The summed E-state index contributed by atoms with van der Waals surface area (Å²) < 4.78 is 4.67. The van der Waals surface area contributed by atoms with Gasteiger partial charge in [0, 0.05) is 11.5 Å². The van der Waals surface area contributed by atoms with E-state index < -0.39 is 0 Å². The van der Waals surface area contributed by atoms with Crippen molar-refractivity contribution < 1.29 is 4.52 Å². The van der Waals surface area contributed by atoms with Crippen LogP contribution in [0.25, 0.3) is 0 Å². The van der Waals surface area contributed by atoms with Crippen molar-refractivity contribution in [1.29, 1.82) is 0 Å². The lowest BCUT2D eigenvalue weighted by molar-refractivity contribution is 0.411. The van der Waals surface area contributed by atoms with Gasteiger partial charge in [-0.1, -0.05) is 16.8 Å². The summed E-state index contributed by atoms with van der Waals surface area (Å²) in [5.41, 5.74) is 0.838. The third kappa shape index (κ3) is 2.28. The molecule has 1 fully saturated rings. The third-order valence-electron chi connectivity index (χ3n) is 2.87. The second-order valence-corrected chi connectivity index (χ2v) is 4.68. The van der Waals surface area contributed by atoms with E-state index in [9.17, 15) is 0 Å². The Kier molecular flexibility index (Phi) is 2.87. The lowest BCUT2D eigenvalue weighted by Crippen LogP contribution is -2.07. The molecule has 18 heavy (non-hydrogen) atoms. The van der Waals surface area contributed by atoms with E-state index >= 15 is 0 Å². The summed E-state index contributed by atoms with van der Waals surface area (Å²) >= 11 is 6.11. The number of rotatable bonds is 4. The zero-order valence-corrected chi connectivity index (χ0v) is 10.6. The summed E-state index contributed by atoms with van der Waals surface area (Å²) in [6.07, 6.45) is 3.58. The summed E-state index contributed by atoms with van der Waals surface area (Å²) in [4.78, 5) is 12.7. The minimum atomic E-state index is 0.453. The summed E-state index contributed by atoms with van der Waals surface area (Å²) in [6, 6.07) is 0. The maximum Gasteiger partial charge on any atom is 0.213 e. The summed E-state index contributed by atoms with van der Waals surface area (Å²) in [5.74, 6) is 2.61. The van der Waals surface area contributed by atoms with Crippen LogP contribution in [0.5, 0.6) is 0 Å². The molecule has 0 amide bonds. The minimum Gasteiger partial charge on any atom is -0.362 e. The molecule has 0 aromatic carbocycles. The fraction of sp³-hybridized carbons (Fsp3) is 0.455. The van der Waals surface area contributed by atoms with Gasteiger partial charge in [-0.25, -0.2) is 9.97 Å². The Labute approximate surface area is 109 Å². The Morgan fingerprint density at radius 2 is 2.28 bits per heavy atom. The van der Waals surface area contributed by atoms with Gasteiger partial charge in [0.25, 0.3) is 0 Å².